The highest BCUT2D eigenvalue weighted by molar-refractivity contribution is 7.18. The molecule has 4 N–H and O–H groups in total. The Labute approximate surface area is 110 Å². The lowest BCUT2D eigenvalue weighted by molar-refractivity contribution is 0.0420. The van der Waals surface area contributed by atoms with Crippen molar-refractivity contribution in [2.45, 2.75) is 18.9 Å². The molecule has 0 saturated heterocycles. The number of aromatic nitrogens is 1. The molecule has 0 atom stereocenters. The fourth-order valence-electron chi connectivity index (χ4n) is 1.86. The van der Waals surface area contributed by atoms with E-state index in [-0.39, 0.29) is 17.8 Å². The number of nitrogens with two attached hydrogens (primary N) is 1. The molecule has 0 radical (unpaired) electrons. The van der Waals surface area contributed by atoms with Crippen molar-refractivity contribution in [1.82, 2.24) is 10.3 Å². The number of nitrogens with one attached hydrogen (secondary N) is 1. The number of hydrogen-bond acceptors (Lipinski definition) is 6. The number of aliphatic hydroxyl groups excluding tert-OH is 1. The van der Waals surface area contributed by atoms with Crippen LogP contribution < -0.4 is 16.0 Å². The predicted octanol–water partition coefficient (Wildman–Crippen LogP) is 0.292. The molecule has 0 spiro atoms. The Morgan fingerprint density at radius 3 is 2.78 bits per heavy atom. The maximum Gasteiger partial charge on any atom is 0.265 e. The molecule has 0 unspecified atom stereocenters. The van der Waals surface area contributed by atoms with Gasteiger partial charge in [-0.15, -0.1) is 0 Å². The Bertz CT molecular complexity index is 440. The molecule has 1 aliphatic rings. The minimum atomic E-state index is -0.194. The Morgan fingerprint density at radius 1 is 1.61 bits per heavy atom. The van der Waals surface area contributed by atoms with Crippen molar-refractivity contribution < 1.29 is 9.90 Å². The third-order valence-electron chi connectivity index (χ3n) is 2.99. The zero-order chi connectivity index (χ0) is 13.3. The van der Waals surface area contributed by atoms with Gasteiger partial charge in [-0.3, -0.25) is 4.79 Å². The molecule has 1 fully saturated rings. The molecule has 0 aliphatic heterocycles. The number of carbonyl (C=O) groups is 1. The van der Waals surface area contributed by atoms with Gasteiger partial charge in [-0.2, -0.15) is 0 Å². The van der Waals surface area contributed by atoms with E-state index in [2.05, 4.69) is 10.3 Å². The predicted molar refractivity (Wildman–Crippen MR) is 71.9 cm³/mol. The summed E-state index contributed by atoms with van der Waals surface area (Å²) in [6.45, 7) is 0.588. The first-order valence-corrected chi connectivity index (χ1v) is 6.69. The number of nitrogen functional groups attached to an aromatic ring is 1. The van der Waals surface area contributed by atoms with Crippen LogP contribution in [0.2, 0.25) is 0 Å². The van der Waals surface area contributed by atoms with Crippen LogP contribution in [0.4, 0.5) is 10.9 Å². The Hall–Kier alpha value is -1.34. The Morgan fingerprint density at radius 2 is 2.28 bits per heavy atom. The molecular weight excluding hydrogens is 252 g/mol. The van der Waals surface area contributed by atoms with Crippen molar-refractivity contribution in [1.29, 1.82) is 0 Å². The second-order valence-electron chi connectivity index (χ2n) is 4.81. The van der Waals surface area contributed by atoms with E-state index in [0.717, 1.165) is 18.0 Å². The fraction of sp³-hybridized carbons (Fsp3) is 0.636. The van der Waals surface area contributed by atoms with Crippen LogP contribution in [0.25, 0.3) is 0 Å². The SMILES string of the molecule is CN(C)c1nc(N)c(C(=O)NCC2CC(O)C2)s1. The first-order valence-electron chi connectivity index (χ1n) is 5.87. The molecule has 6 nitrogen and oxygen atoms in total. The van der Waals surface area contributed by atoms with E-state index in [4.69, 9.17) is 10.8 Å². The third-order valence-corrected chi connectivity index (χ3v) is 4.23. The normalized spacial score (nSPS) is 22.4. The maximum absolute atomic E-state index is 11.9. The van der Waals surface area contributed by atoms with Gasteiger partial charge in [-0.25, -0.2) is 4.98 Å². The van der Waals surface area contributed by atoms with Gasteiger partial charge in [-0.1, -0.05) is 11.3 Å². The molecule has 1 saturated carbocycles. The molecule has 1 heterocycles. The molecular formula is C11H18N4O2S. The van der Waals surface area contributed by atoms with Gasteiger partial charge in [0, 0.05) is 20.6 Å². The lowest BCUT2D eigenvalue weighted by atomic mass is 9.82. The molecule has 7 heteroatoms. The summed E-state index contributed by atoms with van der Waals surface area (Å²) in [5.74, 6) is 0.473. The summed E-state index contributed by atoms with van der Waals surface area (Å²) < 4.78 is 0. The lowest BCUT2D eigenvalue weighted by Gasteiger charge is -2.31. The average molecular weight is 270 g/mol. The van der Waals surface area contributed by atoms with Gasteiger partial charge in [0.25, 0.3) is 5.91 Å². The van der Waals surface area contributed by atoms with Gasteiger partial charge >= 0.3 is 0 Å². The average Bonchev–Trinajstić information content (AvgIpc) is 2.65. The van der Waals surface area contributed by atoms with Crippen LogP contribution in [-0.4, -0.2) is 42.7 Å². The molecule has 1 aliphatic carbocycles. The van der Waals surface area contributed by atoms with Crippen molar-refractivity contribution in [3.05, 3.63) is 4.88 Å². The minimum Gasteiger partial charge on any atom is -0.393 e. The van der Waals surface area contributed by atoms with E-state index >= 15 is 0 Å². The van der Waals surface area contributed by atoms with Gasteiger partial charge in [0.15, 0.2) is 5.13 Å². The van der Waals surface area contributed by atoms with Crippen LogP contribution in [0.3, 0.4) is 0 Å². The fourth-order valence-corrected chi connectivity index (χ4v) is 2.68. The van der Waals surface area contributed by atoms with Crippen LogP contribution in [-0.2, 0) is 0 Å². The van der Waals surface area contributed by atoms with Crippen molar-refractivity contribution in [3.8, 4) is 0 Å². The van der Waals surface area contributed by atoms with Gasteiger partial charge in [0.05, 0.1) is 6.10 Å². The number of aliphatic hydroxyl groups is 1. The second kappa shape index (κ2) is 5.11. The summed E-state index contributed by atoms with van der Waals surface area (Å²) in [7, 11) is 3.71. The topological polar surface area (TPSA) is 91.5 Å². The summed E-state index contributed by atoms with van der Waals surface area (Å²) in [6.07, 6.45) is 1.34. The standard InChI is InChI=1S/C11H18N4O2S/c1-15(2)11-14-9(12)8(18-11)10(17)13-5-6-3-7(16)4-6/h6-7,16H,3-5,12H2,1-2H3,(H,13,17). The summed E-state index contributed by atoms with van der Waals surface area (Å²) in [6, 6.07) is 0. The van der Waals surface area contributed by atoms with Crippen LogP contribution >= 0.6 is 11.3 Å². The summed E-state index contributed by atoms with van der Waals surface area (Å²) in [5, 5.41) is 12.7. The number of thiazole rings is 1. The van der Waals surface area contributed by atoms with Gasteiger partial charge in [-0.05, 0) is 18.8 Å². The van der Waals surface area contributed by atoms with E-state index in [1.54, 1.807) is 0 Å². The van der Waals surface area contributed by atoms with E-state index in [1.807, 2.05) is 19.0 Å². The van der Waals surface area contributed by atoms with Crippen LogP contribution in [0.5, 0.6) is 0 Å². The Kier molecular flexibility index (Phi) is 3.72. The quantitative estimate of drug-likeness (QED) is 0.731. The van der Waals surface area contributed by atoms with Crippen molar-refractivity contribution in [2.75, 3.05) is 31.3 Å². The molecule has 1 aromatic rings. The molecule has 18 heavy (non-hydrogen) atoms. The van der Waals surface area contributed by atoms with Gasteiger partial charge in [0.2, 0.25) is 0 Å². The van der Waals surface area contributed by atoms with Crippen molar-refractivity contribution in [3.63, 3.8) is 0 Å². The monoisotopic (exact) mass is 270 g/mol. The highest BCUT2D eigenvalue weighted by Crippen LogP contribution is 2.28. The van der Waals surface area contributed by atoms with E-state index < -0.39 is 0 Å². The third kappa shape index (κ3) is 2.73. The van der Waals surface area contributed by atoms with Gasteiger partial charge in [0.1, 0.15) is 10.7 Å². The van der Waals surface area contributed by atoms with E-state index in [9.17, 15) is 4.79 Å². The minimum absolute atomic E-state index is 0.181. The van der Waals surface area contributed by atoms with Crippen molar-refractivity contribution >= 4 is 28.2 Å². The first-order chi connectivity index (χ1) is 8.47. The summed E-state index contributed by atoms with van der Waals surface area (Å²) in [4.78, 5) is 18.3. The first kappa shape index (κ1) is 13.1. The zero-order valence-corrected chi connectivity index (χ0v) is 11.3. The lowest BCUT2D eigenvalue weighted by Crippen LogP contribution is -2.38. The van der Waals surface area contributed by atoms with Crippen LogP contribution in [0.1, 0.15) is 22.5 Å². The molecule has 1 aromatic heterocycles. The van der Waals surface area contributed by atoms with E-state index in [1.165, 1.54) is 11.3 Å². The molecule has 100 valence electrons. The highest BCUT2D eigenvalue weighted by atomic mass is 32.1. The largest absolute Gasteiger partial charge is 0.393 e. The number of carbonyl (C=O) groups excluding carboxylic acids is 1. The number of rotatable bonds is 4. The van der Waals surface area contributed by atoms with E-state index in [0.29, 0.717) is 17.3 Å². The number of anilines is 2. The molecule has 0 bridgehead atoms. The second-order valence-corrected chi connectivity index (χ2v) is 5.78. The van der Waals surface area contributed by atoms with Crippen LogP contribution in [0.15, 0.2) is 0 Å². The summed E-state index contributed by atoms with van der Waals surface area (Å²) >= 11 is 1.28. The van der Waals surface area contributed by atoms with Gasteiger partial charge < -0.3 is 21.1 Å². The smallest absolute Gasteiger partial charge is 0.265 e. The van der Waals surface area contributed by atoms with Crippen molar-refractivity contribution in [2.24, 2.45) is 5.92 Å². The number of hydrogen-bond donors (Lipinski definition) is 3. The number of nitrogens with zero attached hydrogens (tertiary/aromatic N) is 2. The zero-order valence-electron chi connectivity index (χ0n) is 10.5. The molecule has 0 aromatic carbocycles. The maximum atomic E-state index is 11.9. The summed E-state index contributed by atoms with van der Waals surface area (Å²) in [5.41, 5.74) is 5.73. The highest BCUT2D eigenvalue weighted by Gasteiger charge is 2.27. The number of amides is 1. The Balaban J connectivity index is 1.92. The molecule has 2 rings (SSSR count). The van der Waals surface area contributed by atoms with Crippen LogP contribution in [0, 0.1) is 5.92 Å². The molecule has 1 amide bonds.